The van der Waals surface area contributed by atoms with Gasteiger partial charge in [-0.25, -0.2) is 0 Å². The fourth-order valence-electron chi connectivity index (χ4n) is 2.15. The molecule has 0 bridgehead atoms. The Balaban J connectivity index is 2.00. The van der Waals surface area contributed by atoms with Crippen LogP contribution in [0.15, 0.2) is 9.90 Å². The highest BCUT2D eigenvalue weighted by atomic mass is 32.1. The Labute approximate surface area is 116 Å². The maximum Gasteiger partial charge on any atom is 0.254 e. The molecule has 0 radical (unpaired) electrons. The van der Waals surface area contributed by atoms with Gasteiger partial charge in [0, 0.05) is 23.4 Å². The molecule has 0 aliphatic heterocycles. The number of rotatable bonds is 4. The van der Waals surface area contributed by atoms with Crippen molar-refractivity contribution in [2.45, 2.75) is 33.6 Å². The van der Waals surface area contributed by atoms with E-state index in [2.05, 4.69) is 14.8 Å². The molecule has 0 spiro atoms. The van der Waals surface area contributed by atoms with Gasteiger partial charge in [-0.15, -0.1) is 0 Å². The minimum atomic E-state index is -0.0788. The number of amides is 1. The first-order valence-electron chi connectivity index (χ1n) is 6.12. The summed E-state index contributed by atoms with van der Waals surface area (Å²) in [5, 5.41) is 8.63. The molecule has 0 aliphatic carbocycles. The van der Waals surface area contributed by atoms with Crippen molar-refractivity contribution in [3.05, 3.63) is 33.7 Å². The average Bonchev–Trinajstić information content (AvgIpc) is 2.93. The molecule has 6 heteroatoms. The Kier molecular flexibility index (Phi) is 3.99. The molecule has 0 aliphatic rings. The van der Waals surface area contributed by atoms with E-state index in [0.29, 0.717) is 12.1 Å². The lowest BCUT2D eigenvalue weighted by atomic mass is 9.99. The molecule has 1 amide bonds. The van der Waals surface area contributed by atoms with E-state index in [-0.39, 0.29) is 11.8 Å². The highest BCUT2D eigenvalue weighted by Crippen LogP contribution is 2.22. The van der Waals surface area contributed by atoms with Crippen LogP contribution in [0.2, 0.25) is 0 Å². The van der Waals surface area contributed by atoms with Gasteiger partial charge >= 0.3 is 0 Å². The highest BCUT2D eigenvalue weighted by molar-refractivity contribution is 7.03. The van der Waals surface area contributed by atoms with Crippen LogP contribution in [0.1, 0.15) is 45.9 Å². The van der Waals surface area contributed by atoms with E-state index in [9.17, 15) is 4.79 Å². The fraction of sp³-hybridized carbons (Fsp3) is 0.462. The van der Waals surface area contributed by atoms with Gasteiger partial charge in [-0.1, -0.05) is 12.1 Å². The van der Waals surface area contributed by atoms with Crippen molar-refractivity contribution in [1.82, 2.24) is 14.8 Å². The molecule has 2 aromatic heterocycles. The zero-order valence-corrected chi connectivity index (χ0v) is 12.3. The van der Waals surface area contributed by atoms with E-state index >= 15 is 0 Å². The average molecular weight is 279 g/mol. The first-order valence-corrected chi connectivity index (χ1v) is 6.96. The summed E-state index contributed by atoms with van der Waals surface area (Å²) in [6.45, 7) is 8.24. The molecule has 1 atom stereocenters. The lowest BCUT2D eigenvalue weighted by Gasteiger charge is -2.12. The van der Waals surface area contributed by atoms with E-state index < -0.39 is 0 Å². The number of nitrogens with zero attached hydrogens (tertiary/aromatic N) is 2. The quantitative estimate of drug-likeness (QED) is 0.934. The number of carbonyl (C=O) groups excluding carboxylic acids is 1. The van der Waals surface area contributed by atoms with Gasteiger partial charge in [-0.3, -0.25) is 4.79 Å². The van der Waals surface area contributed by atoms with Gasteiger partial charge in [0.1, 0.15) is 5.76 Å². The van der Waals surface area contributed by atoms with Crippen LogP contribution in [0.4, 0.5) is 0 Å². The van der Waals surface area contributed by atoms with E-state index in [1.54, 1.807) is 5.38 Å². The van der Waals surface area contributed by atoms with E-state index in [1.165, 1.54) is 11.5 Å². The summed E-state index contributed by atoms with van der Waals surface area (Å²) < 4.78 is 9.24. The lowest BCUT2D eigenvalue weighted by Crippen LogP contribution is -2.28. The Morgan fingerprint density at radius 3 is 2.68 bits per heavy atom. The van der Waals surface area contributed by atoms with Gasteiger partial charge < -0.3 is 9.84 Å². The summed E-state index contributed by atoms with van der Waals surface area (Å²) in [5.41, 5.74) is 3.37. The smallest absolute Gasteiger partial charge is 0.254 e. The molecule has 0 fully saturated rings. The lowest BCUT2D eigenvalue weighted by molar-refractivity contribution is 0.0951. The number of carbonyl (C=O) groups is 1. The number of aryl methyl sites for hydroxylation is 3. The number of hydrogen-bond acceptors (Lipinski definition) is 5. The zero-order chi connectivity index (χ0) is 14.0. The van der Waals surface area contributed by atoms with Crippen molar-refractivity contribution in [2.75, 3.05) is 6.54 Å². The van der Waals surface area contributed by atoms with Crippen LogP contribution >= 0.6 is 11.5 Å². The van der Waals surface area contributed by atoms with Crippen LogP contribution in [-0.2, 0) is 0 Å². The van der Waals surface area contributed by atoms with Crippen molar-refractivity contribution in [3.8, 4) is 0 Å². The molecule has 0 saturated carbocycles. The number of aromatic nitrogens is 2. The van der Waals surface area contributed by atoms with E-state index in [0.717, 1.165) is 22.7 Å². The summed E-state index contributed by atoms with van der Waals surface area (Å²) in [6, 6.07) is 0. The molecule has 2 rings (SSSR count). The monoisotopic (exact) mass is 279 g/mol. The minimum Gasteiger partial charge on any atom is -0.361 e. The van der Waals surface area contributed by atoms with Crippen LogP contribution in [0.5, 0.6) is 0 Å². The molecule has 1 unspecified atom stereocenters. The van der Waals surface area contributed by atoms with E-state index in [1.807, 2.05) is 27.7 Å². The predicted octanol–water partition coefficient (Wildman–Crippen LogP) is 2.59. The molecule has 2 aromatic rings. The van der Waals surface area contributed by atoms with Crippen molar-refractivity contribution in [1.29, 1.82) is 0 Å². The maximum absolute atomic E-state index is 12.0. The second kappa shape index (κ2) is 5.52. The fourth-order valence-corrected chi connectivity index (χ4v) is 2.84. The predicted molar refractivity (Wildman–Crippen MR) is 73.6 cm³/mol. The third kappa shape index (κ3) is 2.84. The Hall–Kier alpha value is -1.69. The third-order valence-electron chi connectivity index (χ3n) is 3.14. The topological polar surface area (TPSA) is 68.0 Å². The molecule has 2 heterocycles. The first kappa shape index (κ1) is 13.7. The van der Waals surface area contributed by atoms with Crippen molar-refractivity contribution in [3.63, 3.8) is 0 Å². The van der Waals surface area contributed by atoms with Gasteiger partial charge in [0.15, 0.2) is 0 Å². The molecular weight excluding hydrogens is 262 g/mol. The van der Waals surface area contributed by atoms with Crippen LogP contribution < -0.4 is 5.32 Å². The van der Waals surface area contributed by atoms with Crippen LogP contribution in [-0.4, -0.2) is 22.0 Å². The van der Waals surface area contributed by atoms with Gasteiger partial charge in [0.2, 0.25) is 0 Å². The second-order valence-corrected chi connectivity index (χ2v) is 5.29. The summed E-state index contributed by atoms with van der Waals surface area (Å²) >= 11 is 1.30. The van der Waals surface area contributed by atoms with Gasteiger partial charge in [-0.2, -0.15) is 4.37 Å². The van der Waals surface area contributed by atoms with Gasteiger partial charge in [0.25, 0.3) is 5.91 Å². The summed E-state index contributed by atoms with van der Waals surface area (Å²) in [6.07, 6.45) is 0. The molecule has 5 nitrogen and oxygen atoms in total. The van der Waals surface area contributed by atoms with Crippen molar-refractivity contribution in [2.24, 2.45) is 0 Å². The summed E-state index contributed by atoms with van der Waals surface area (Å²) in [4.78, 5) is 12.0. The van der Waals surface area contributed by atoms with Crippen LogP contribution in [0, 0.1) is 20.8 Å². The summed E-state index contributed by atoms with van der Waals surface area (Å²) in [5.74, 6) is 0.902. The van der Waals surface area contributed by atoms with Crippen molar-refractivity contribution >= 4 is 17.4 Å². The standard InChI is InChI=1S/C13H17N3O2S/c1-7(12-9(3)15-18-10(12)4)5-14-13(17)11-6-19-16-8(11)2/h6-7H,5H2,1-4H3,(H,14,17). The Bertz CT molecular complexity index is 569. The Morgan fingerprint density at radius 1 is 1.42 bits per heavy atom. The molecule has 0 aromatic carbocycles. The summed E-state index contributed by atoms with van der Waals surface area (Å²) in [7, 11) is 0. The second-order valence-electron chi connectivity index (χ2n) is 4.66. The number of nitrogens with one attached hydrogen (secondary N) is 1. The van der Waals surface area contributed by atoms with Gasteiger partial charge in [-0.05, 0) is 32.3 Å². The maximum atomic E-state index is 12.0. The van der Waals surface area contributed by atoms with E-state index in [4.69, 9.17) is 4.52 Å². The first-order chi connectivity index (χ1) is 9.00. The zero-order valence-electron chi connectivity index (χ0n) is 11.5. The SMILES string of the molecule is Cc1nscc1C(=O)NCC(C)c1c(C)noc1C. The molecule has 1 N–H and O–H groups in total. The third-order valence-corrected chi connectivity index (χ3v) is 3.87. The number of hydrogen-bond donors (Lipinski definition) is 1. The minimum absolute atomic E-state index is 0.0788. The largest absolute Gasteiger partial charge is 0.361 e. The highest BCUT2D eigenvalue weighted by Gasteiger charge is 2.18. The molecule has 19 heavy (non-hydrogen) atoms. The van der Waals surface area contributed by atoms with Crippen LogP contribution in [0.3, 0.4) is 0 Å². The molecule has 102 valence electrons. The molecule has 0 saturated heterocycles. The van der Waals surface area contributed by atoms with Gasteiger partial charge in [0.05, 0.1) is 17.0 Å². The normalized spacial score (nSPS) is 12.4. The molecular formula is C13H17N3O2S. The van der Waals surface area contributed by atoms with Crippen molar-refractivity contribution < 1.29 is 9.32 Å². The van der Waals surface area contributed by atoms with Crippen LogP contribution in [0.25, 0.3) is 0 Å². The Morgan fingerprint density at radius 2 is 2.16 bits per heavy atom.